The molecular formula is C6H12ClN. The molecule has 0 aromatic heterocycles. The molecule has 0 heterocycles. The first-order chi connectivity index (χ1) is 3.66. The van der Waals surface area contributed by atoms with E-state index in [0.717, 1.165) is 11.6 Å². The molecule has 0 aliphatic rings. The first-order valence-electron chi connectivity index (χ1n) is 2.78. The van der Waals surface area contributed by atoms with Crippen molar-refractivity contribution >= 4 is 16.8 Å². The summed E-state index contributed by atoms with van der Waals surface area (Å²) >= 11 is 5.61. The van der Waals surface area contributed by atoms with Crippen LogP contribution >= 0.6 is 11.6 Å². The Morgan fingerprint density at radius 2 is 2.12 bits per heavy atom. The van der Waals surface area contributed by atoms with E-state index in [2.05, 4.69) is 18.8 Å². The van der Waals surface area contributed by atoms with Crippen LogP contribution in [0.2, 0.25) is 0 Å². The van der Waals surface area contributed by atoms with E-state index in [0.29, 0.717) is 5.92 Å². The molecule has 0 saturated heterocycles. The van der Waals surface area contributed by atoms with Crippen molar-refractivity contribution < 1.29 is 0 Å². The van der Waals surface area contributed by atoms with Gasteiger partial charge in [-0.3, -0.25) is 4.99 Å². The molecule has 0 aliphatic heterocycles. The van der Waals surface area contributed by atoms with E-state index >= 15 is 0 Å². The summed E-state index contributed by atoms with van der Waals surface area (Å²) in [5, 5.41) is 0.722. The van der Waals surface area contributed by atoms with Gasteiger partial charge in [0, 0.05) is 13.5 Å². The summed E-state index contributed by atoms with van der Waals surface area (Å²) in [6, 6.07) is 0. The number of nitrogens with zero attached hydrogens (tertiary/aromatic N) is 1. The van der Waals surface area contributed by atoms with E-state index in [9.17, 15) is 0 Å². The van der Waals surface area contributed by atoms with Gasteiger partial charge in [0.25, 0.3) is 0 Å². The van der Waals surface area contributed by atoms with Gasteiger partial charge in [-0.05, 0) is 5.92 Å². The molecule has 2 heteroatoms. The summed E-state index contributed by atoms with van der Waals surface area (Å²) in [4.78, 5) is 3.81. The van der Waals surface area contributed by atoms with Crippen LogP contribution in [0.25, 0.3) is 0 Å². The van der Waals surface area contributed by atoms with Gasteiger partial charge < -0.3 is 0 Å². The molecule has 1 nitrogen and oxygen atoms in total. The van der Waals surface area contributed by atoms with Gasteiger partial charge in [0.15, 0.2) is 0 Å². The van der Waals surface area contributed by atoms with Gasteiger partial charge in [-0.25, -0.2) is 0 Å². The molecule has 0 spiro atoms. The number of rotatable bonds is 2. The molecule has 0 fully saturated rings. The van der Waals surface area contributed by atoms with Crippen molar-refractivity contribution in [3.63, 3.8) is 0 Å². The second kappa shape index (κ2) is 3.90. The maximum Gasteiger partial charge on any atom is 0.100 e. The predicted molar refractivity (Wildman–Crippen MR) is 38.7 cm³/mol. The monoisotopic (exact) mass is 133 g/mol. The first kappa shape index (κ1) is 7.96. The van der Waals surface area contributed by atoms with Gasteiger partial charge in [0.05, 0.1) is 0 Å². The van der Waals surface area contributed by atoms with Gasteiger partial charge in [-0.1, -0.05) is 25.4 Å². The number of hydrogen-bond acceptors (Lipinski definition) is 1. The second-order valence-corrected chi connectivity index (χ2v) is 2.63. The predicted octanol–water partition coefficient (Wildman–Crippen LogP) is 2.30. The van der Waals surface area contributed by atoms with Crippen molar-refractivity contribution in [2.45, 2.75) is 20.3 Å². The van der Waals surface area contributed by atoms with Crippen molar-refractivity contribution in [2.75, 3.05) is 7.05 Å². The Labute approximate surface area is 55.8 Å². The number of halogens is 1. The van der Waals surface area contributed by atoms with Crippen molar-refractivity contribution in [3.8, 4) is 0 Å². The van der Waals surface area contributed by atoms with Crippen LogP contribution in [-0.2, 0) is 0 Å². The van der Waals surface area contributed by atoms with Gasteiger partial charge in [-0.15, -0.1) is 0 Å². The summed E-state index contributed by atoms with van der Waals surface area (Å²) in [6.45, 7) is 4.24. The lowest BCUT2D eigenvalue weighted by molar-refractivity contribution is 0.687. The standard InChI is InChI=1S/C6H12ClN/c1-5(2)4-6(7)8-3/h5H,4H2,1-3H3. The maximum absolute atomic E-state index is 5.61. The van der Waals surface area contributed by atoms with Crippen LogP contribution in [0.4, 0.5) is 0 Å². The molecule has 0 amide bonds. The quantitative estimate of drug-likeness (QED) is 0.513. The molecule has 0 N–H and O–H groups in total. The largest absolute Gasteiger partial charge is 0.281 e. The highest BCUT2D eigenvalue weighted by Crippen LogP contribution is 2.03. The van der Waals surface area contributed by atoms with E-state index in [1.807, 2.05) is 0 Å². The fraction of sp³-hybridized carbons (Fsp3) is 0.833. The molecule has 48 valence electrons. The van der Waals surface area contributed by atoms with E-state index < -0.39 is 0 Å². The molecular weight excluding hydrogens is 122 g/mol. The van der Waals surface area contributed by atoms with E-state index in [-0.39, 0.29) is 0 Å². The van der Waals surface area contributed by atoms with Gasteiger partial charge in [0.1, 0.15) is 5.17 Å². The third-order valence-corrected chi connectivity index (χ3v) is 1.14. The number of aliphatic imine (C=N–C) groups is 1. The lowest BCUT2D eigenvalue weighted by Crippen LogP contribution is -1.93. The maximum atomic E-state index is 5.61. The first-order valence-corrected chi connectivity index (χ1v) is 3.15. The van der Waals surface area contributed by atoms with Crippen LogP contribution in [0.1, 0.15) is 20.3 Å². The smallest absolute Gasteiger partial charge is 0.100 e. The highest BCUT2D eigenvalue weighted by molar-refractivity contribution is 6.65. The van der Waals surface area contributed by atoms with Gasteiger partial charge >= 0.3 is 0 Å². The van der Waals surface area contributed by atoms with Crippen LogP contribution in [0.15, 0.2) is 4.99 Å². The summed E-state index contributed by atoms with van der Waals surface area (Å²) in [5.41, 5.74) is 0. The molecule has 0 unspecified atom stereocenters. The second-order valence-electron chi connectivity index (χ2n) is 2.20. The van der Waals surface area contributed by atoms with Crippen molar-refractivity contribution in [1.82, 2.24) is 0 Å². The summed E-state index contributed by atoms with van der Waals surface area (Å²) in [5.74, 6) is 0.617. The van der Waals surface area contributed by atoms with E-state index in [1.54, 1.807) is 7.05 Å². The fourth-order valence-electron chi connectivity index (χ4n) is 0.428. The normalized spacial score (nSPS) is 12.9. The van der Waals surface area contributed by atoms with E-state index in [1.165, 1.54) is 0 Å². The Kier molecular flexibility index (Phi) is 3.88. The number of hydrogen-bond donors (Lipinski definition) is 0. The lowest BCUT2D eigenvalue weighted by atomic mass is 10.1. The average Bonchev–Trinajstić information content (AvgIpc) is 1.65. The van der Waals surface area contributed by atoms with Crippen LogP contribution in [0, 0.1) is 5.92 Å². The Balaban J connectivity index is 3.39. The third kappa shape index (κ3) is 4.13. The molecule has 0 aromatic rings. The van der Waals surface area contributed by atoms with Crippen molar-refractivity contribution in [2.24, 2.45) is 10.9 Å². The zero-order valence-electron chi connectivity index (χ0n) is 5.61. The van der Waals surface area contributed by atoms with Gasteiger partial charge in [-0.2, -0.15) is 0 Å². The molecule has 0 saturated carbocycles. The highest BCUT2D eigenvalue weighted by Gasteiger charge is 1.95. The Hall–Kier alpha value is -0.0400. The molecule has 0 aliphatic carbocycles. The third-order valence-electron chi connectivity index (χ3n) is 0.819. The Morgan fingerprint density at radius 1 is 1.62 bits per heavy atom. The highest BCUT2D eigenvalue weighted by atomic mass is 35.5. The zero-order valence-corrected chi connectivity index (χ0v) is 6.37. The van der Waals surface area contributed by atoms with Crippen molar-refractivity contribution in [1.29, 1.82) is 0 Å². The van der Waals surface area contributed by atoms with Crippen LogP contribution in [-0.4, -0.2) is 12.2 Å². The summed E-state index contributed by atoms with van der Waals surface area (Å²) in [7, 11) is 1.71. The molecule has 0 rings (SSSR count). The van der Waals surface area contributed by atoms with Crippen LogP contribution in [0.3, 0.4) is 0 Å². The summed E-state index contributed by atoms with van der Waals surface area (Å²) in [6.07, 6.45) is 0.901. The van der Waals surface area contributed by atoms with E-state index in [4.69, 9.17) is 11.6 Å². The Bertz CT molecular complexity index is 86.5. The fourth-order valence-corrected chi connectivity index (χ4v) is 0.737. The summed E-state index contributed by atoms with van der Waals surface area (Å²) < 4.78 is 0. The van der Waals surface area contributed by atoms with Crippen LogP contribution < -0.4 is 0 Å². The average molecular weight is 134 g/mol. The minimum atomic E-state index is 0.617. The molecule has 0 aromatic carbocycles. The molecule has 0 atom stereocenters. The SMILES string of the molecule is CN=C(Cl)CC(C)C. The topological polar surface area (TPSA) is 12.4 Å². The zero-order chi connectivity index (χ0) is 6.57. The molecule has 8 heavy (non-hydrogen) atoms. The minimum absolute atomic E-state index is 0.617. The van der Waals surface area contributed by atoms with Crippen molar-refractivity contribution in [3.05, 3.63) is 0 Å². The van der Waals surface area contributed by atoms with Gasteiger partial charge in [0.2, 0.25) is 0 Å². The molecule has 0 radical (unpaired) electrons. The molecule has 0 bridgehead atoms. The minimum Gasteiger partial charge on any atom is -0.281 e. The lowest BCUT2D eigenvalue weighted by Gasteiger charge is -1.98. The van der Waals surface area contributed by atoms with Crippen LogP contribution in [0.5, 0.6) is 0 Å². The Morgan fingerprint density at radius 3 is 2.25 bits per heavy atom.